The summed E-state index contributed by atoms with van der Waals surface area (Å²) >= 11 is 6.16. The quantitative estimate of drug-likeness (QED) is 0.236. The minimum Gasteiger partial charge on any atom is -0.395 e. The molecule has 222 valence electrons. The Kier molecular flexibility index (Phi) is 8.61. The summed E-state index contributed by atoms with van der Waals surface area (Å²) < 4.78 is 63.4. The number of sulfonamides is 1. The molecule has 0 radical (unpaired) electrons. The molecule has 0 bridgehead atoms. The average molecular weight is 621 g/mol. The van der Waals surface area contributed by atoms with Crippen molar-refractivity contribution >= 4 is 38.4 Å². The largest absolute Gasteiger partial charge is 0.511 e. The van der Waals surface area contributed by atoms with Gasteiger partial charge in [0.1, 0.15) is 0 Å². The van der Waals surface area contributed by atoms with Gasteiger partial charge in [0.25, 0.3) is 5.91 Å². The van der Waals surface area contributed by atoms with Crippen molar-refractivity contribution in [3.63, 3.8) is 0 Å². The zero-order valence-corrected chi connectivity index (χ0v) is 23.8. The van der Waals surface area contributed by atoms with Gasteiger partial charge in [0, 0.05) is 47.4 Å². The van der Waals surface area contributed by atoms with Crippen LogP contribution in [0.5, 0.6) is 0 Å². The van der Waals surface area contributed by atoms with Crippen LogP contribution in [-0.2, 0) is 10.0 Å². The van der Waals surface area contributed by atoms with Crippen LogP contribution in [-0.4, -0.2) is 65.7 Å². The first kappa shape index (κ1) is 30.0. The van der Waals surface area contributed by atoms with E-state index in [-0.39, 0.29) is 56.8 Å². The Morgan fingerprint density at radius 2 is 1.62 bits per heavy atom. The van der Waals surface area contributed by atoms with Crippen molar-refractivity contribution in [3.8, 4) is 0 Å². The lowest BCUT2D eigenvalue weighted by atomic mass is 9.83. The zero-order valence-electron chi connectivity index (χ0n) is 22.2. The molecule has 3 aromatic carbocycles. The van der Waals surface area contributed by atoms with E-state index in [0.717, 1.165) is 27.6 Å². The number of amides is 1. The highest BCUT2D eigenvalue weighted by Crippen LogP contribution is 2.38. The van der Waals surface area contributed by atoms with E-state index in [1.54, 1.807) is 24.3 Å². The van der Waals surface area contributed by atoms with Crippen molar-refractivity contribution in [3.05, 3.63) is 99.7 Å². The van der Waals surface area contributed by atoms with Crippen molar-refractivity contribution < 1.29 is 31.5 Å². The number of halogens is 4. The molecular formula is C29H28ClF3N4O4S. The van der Waals surface area contributed by atoms with Gasteiger partial charge in [-0.2, -0.15) is 22.6 Å². The number of aromatic amines is 1. The summed E-state index contributed by atoms with van der Waals surface area (Å²) in [5.41, 5.74) is -0.661. The maximum absolute atomic E-state index is 13.0. The second-order valence-electron chi connectivity index (χ2n) is 10.1. The van der Waals surface area contributed by atoms with Crippen molar-refractivity contribution in [2.45, 2.75) is 30.2 Å². The first-order chi connectivity index (χ1) is 20.0. The molecule has 1 aromatic heterocycles. The Morgan fingerprint density at radius 3 is 2.21 bits per heavy atom. The number of hydrogen-bond acceptors (Lipinski definition) is 5. The van der Waals surface area contributed by atoms with Crippen molar-refractivity contribution in [2.75, 3.05) is 26.2 Å². The molecule has 4 aromatic rings. The predicted molar refractivity (Wildman–Crippen MR) is 153 cm³/mol. The fourth-order valence-electron chi connectivity index (χ4n) is 5.39. The van der Waals surface area contributed by atoms with Crippen LogP contribution in [0.25, 0.3) is 10.9 Å². The molecule has 2 heterocycles. The van der Waals surface area contributed by atoms with Crippen LogP contribution < -0.4 is 5.32 Å². The van der Waals surface area contributed by atoms with Gasteiger partial charge in [-0.3, -0.25) is 9.89 Å². The molecule has 0 saturated carbocycles. The monoisotopic (exact) mass is 620 g/mol. The Labute approximate surface area is 245 Å². The Bertz CT molecular complexity index is 1670. The van der Waals surface area contributed by atoms with Crippen LogP contribution in [0.2, 0.25) is 5.02 Å². The van der Waals surface area contributed by atoms with E-state index in [1.165, 1.54) is 0 Å². The summed E-state index contributed by atoms with van der Waals surface area (Å²) in [4.78, 5) is 12.4. The number of nitrogens with one attached hydrogen (secondary N) is 2. The lowest BCUT2D eigenvalue weighted by Crippen LogP contribution is -2.44. The Hall–Kier alpha value is -3.45. The molecule has 1 fully saturated rings. The molecular weight excluding hydrogens is 593 g/mol. The summed E-state index contributed by atoms with van der Waals surface area (Å²) in [6.45, 7) is -0.497. The number of alkyl halides is 3. The molecule has 3 N–H and O–H groups in total. The molecule has 1 saturated heterocycles. The third-order valence-corrected chi connectivity index (χ3v) is 9.41. The average Bonchev–Trinajstić information content (AvgIpc) is 3.40. The molecule has 0 aliphatic carbocycles. The molecule has 1 amide bonds. The van der Waals surface area contributed by atoms with E-state index in [1.807, 2.05) is 42.5 Å². The maximum Gasteiger partial charge on any atom is 0.511 e. The van der Waals surface area contributed by atoms with E-state index < -0.39 is 15.5 Å². The van der Waals surface area contributed by atoms with Crippen LogP contribution in [0.4, 0.5) is 13.2 Å². The first-order valence-corrected chi connectivity index (χ1v) is 15.1. The van der Waals surface area contributed by atoms with Gasteiger partial charge in [-0.05, 0) is 65.9 Å². The summed E-state index contributed by atoms with van der Waals surface area (Å²) in [6.07, 6.45) is 0.416. The highest BCUT2D eigenvalue weighted by atomic mass is 35.5. The number of aliphatic hydroxyl groups excluding tert-OH is 1. The number of aliphatic hydroxyl groups is 1. The summed E-state index contributed by atoms with van der Waals surface area (Å²) in [5, 5.41) is 20.5. The second-order valence-corrected chi connectivity index (χ2v) is 12.5. The number of piperidine rings is 1. The number of rotatable bonds is 8. The van der Waals surface area contributed by atoms with Crippen LogP contribution >= 0.6 is 11.6 Å². The third kappa shape index (κ3) is 6.03. The van der Waals surface area contributed by atoms with E-state index in [2.05, 4.69) is 15.5 Å². The van der Waals surface area contributed by atoms with Crippen LogP contribution in [0.1, 0.15) is 57.4 Å². The molecule has 13 heteroatoms. The minimum atomic E-state index is -5.37. The van der Waals surface area contributed by atoms with E-state index in [0.29, 0.717) is 20.6 Å². The lowest BCUT2D eigenvalue weighted by molar-refractivity contribution is -0.0494. The predicted octanol–water partition coefficient (Wildman–Crippen LogP) is 5.15. The molecule has 1 aliphatic rings. The fraction of sp³-hybridized carbons (Fsp3) is 0.310. The van der Waals surface area contributed by atoms with Crippen LogP contribution in [0.15, 0.2) is 66.7 Å². The molecule has 42 heavy (non-hydrogen) atoms. The van der Waals surface area contributed by atoms with E-state index in [9.17, 15) is 26.4 Å². The van der Waals surface area contributed by atoms with Gasteiger partial charge in [-0.25, -0.2) is 8.42 Å². The normalized spacial score (nSPS) is 16.0. The smallest absolute Gasteiger partial charge is 0.395 e. The number of aromatic nitrogens is 2. The van der Waals surface area contributed by atoms with Gasteiger partial charge >= 0.3 is 15.5 Å². The molecule has 5 rings (SSSR count). The number of benzene rings is 3. The van der Waals surface area contributed by atoms with Gasteiger partial charge in [-0.15, -0.1) is 0 Å². The Balaban J connectivity index is 1.47. The maximum atomic E-state index is 13.0. The van der Waals surface area contributed by atoms with Crippen LogP contribution in [0.3, 0.4) is 0 Å². The number of nitrogens with zero attached hydrogens (tertiary/aromatic N) is 2. The number of fused-ring (bicyclic) bond motifs is 1. The molecule has 1 unspecified atom stereocenters. The van der Waals surface area contributed by atoms with Gasteiger partial charge in [0.05, 0.1) is 17.8 Å². The number of H-pyrrole nitrogens is 1. The van der Waals surface area contributed by atoms with E-state index >= 15 is 0 Å². The molecule has 8 nitrogen and oxygen atoms in total. The standard InChI is InChI=1S/C29H28ClF3N4O4S/c30-23-8-5-19(6-9-23)26(18-1-3-21(4-2-18)28(39)34-13-16-38)22-7-10-25-24(17-22)27(36-35-25)20-11-14-37(15-12-20)42(40,41)29(31,32)33/h1-10,17,20,26,38H,11-16H2,(H,34,39)(H,35,36). The molecule has 0 spiro atoms. The first-order valence-electron chi connectivity index (χ1n) is 13.3. The van der Waals surface area contributed by atoms with E-state index in [4.69, 9.17) is 16.7 Å². The lowest BCUT2D eigenvalue weighted by Gasteiger charge is -2.31. The van der Waals surface area contributed by atoms with Gasteiger partial charge < -0.3 is 10.4 Å². The topological polar surface area (TPSA) is 115 Å². The number of hydrogen-bond donors (Lipinski definition) is 3. The van der Waals surface area contributed by atoms with Crippen LogP contribution in [0, 0.1) is 0 Å². The van der Waals surface area contributed by atoms with Crippen molar-refractivity contribution in [2.24, 2.45) is 0 Å². The SMILES string of the molecule is O=C(NCCO)c1ccc(C(c2ccc(Cl)cc2)c2ccc3[nH]nc(C4CCN(S(=O)(=O)C(F)(F)F)CC4)c3c2)cc1. The summed E-state index contributed by atoms with van der Waals surface area (Å²) in [6, 6.07) is 20.5. The van der Waals surface area contributed by atoms with Crippen molar-refractivity contribution in [1.29, 1.82) is 0 Å². The number of carbonyl (C=O) groups excluding carboxylic acids is 1. The summed E-state index contributed by atoms with van der Waals surface area (Å²) in [5.74, 6) is -0.765. The fourth-order valence-corrected chi connectivity index (χ4v) is 6.50. The highest BCUT2D eigenvalue weighted by molar-refractivity contribution is 7.90. The summed E-state index contributed by atoms with van der Waals surface area (Å²) in [7, 11) is -5.37. The van der Waals surface area contributed by atoms with Crippen molar-refractivity contribution in [1.82, 2.24) is 19.8 Å². The molecule has 1 atom stereocenters. The van der Waals surface area contributed by atoms with Gasteiger partial charge in [0.2, 0.25) is 0 Å². The highest BCUT2D eigenvalue weighted by Gasteiger charge is 2.50. The van der Waals surface area contributed by atoms with Gasteiger partial charge in [0.15, 0.2) is 0 Å². The van der Waals surface area contributed by atoms with Gasteiger partial charge in [-0.1, -0.05) is 41.9 Å². The number of carbonyl (C=O) groups is 1. The third-order valence-electron chi connectivity index (χ3n) is 7.53. The minimum absolute atomic E-state index is 0.151. The zero-order chi connectivity index (χ0) is 30.1. The molecule has 1 aliphatic heterocycles. The Morgan fingerprint density at radius 1 is 1.02 bits per heavy atom. The second kappa shape index (κ2) is 12.0.